The maximum Gasteiger partial charge on any atom is 0.279 e. The number of ether oxygens (including phenoxy) is 1. The van der Waals surface area contributed by atoms with E-state index >= 15 is 0 Å². The summed E-state index contributed by atoms with van der Waals surface area (Å²) in [6.45, 7) is 2.00. The number of benzene rings is 1. The van der Waals surface area contributed by atoms with Gasteiger partial charge in [0.1, 0.15) is 6.54 Å². The molecule has 0 unspecified atom stereocenters. The zero-order valence-electron chi connectivity index (χ0n) is 14.5. The second-order valence-corrected chi connectivity index (χ2v) is 5.58. The van der Waals surface area contributed by atoms with Crippen LogP contribution in [0.4, 0.5) is 5.69 Å². The van der Waals surface area contributed by atoms with Gasteiger partial charge in [0.25, 0.3) is 5.91 Å². The van der Waals surface area contributed by atoms with Crippen LogP contribution in [-0.2, 0) is 4.79 Å². The molecule has 0 aliphatic carbocycles. The monoisotopic (exact) mass is 371 g/mol. The van der Waals surface area contributed by atoms with E-state index < -0.39 is 5.91 Å². The molecule has 134 valence electrons. The first-order valence-corrected chi connectivity index (χ1v) is 8.26. The first-order valence-electron chi connectivity index (χ1n) is 7.88. The van der Waals surface area contributed by atoms with Crippen LogP contribution in [0.3, 0.4) is 0 Å². The number of amides is 2. The number of anilines is 1. The van der Waals surface area contributed by atoms with Crippen LogP contribution in [0.5, 0.6) is 5.88 Å². The molecule has 0 saturated heterocycles. The molecule has 1 aromatic carbocycles. The molecular weight excluding hydrogens is 354 g/mol. The molecule has 2 aromatic rings. The molecule has 6 nitrogen and oxygen atoms in total. The predicted molar refractivity (Wildman–Crippen MR) is 101 cm³/mol. The Morgan fingerprint density at radius 2 is 2.12 bits per heavy atom. The summed E-state index contributed by atoms with van der Waals surface area (Å²) >= 11 is 6.15. The minimum atomic E-state index is -0.533. The molecule has 1 N–H and O–H groups in total. The molecule has 0 radical (unpaired) electrons. The van der Waals surface area contributed by atoms with Gasteiger partial charge in [0.2, 0.25) is 11.8 Å². The highest BCUT2D eigenvalue weighted by molar-refractivity contribution is 6.34. The zero-order chi connectivity index (χ0) is 19.1. The lowest BCUT2D eigenvalue weighted by atomic mass is 10.2. The Balaban J connectivity index is 2.48. The van der Waals surface area contributed by atoms with E-state index in [4.69, 9.17) is 22.8 Å². The lowest BCUT2D eigenvalue weighted by Gasteiger charge is -2.22. The van der Waals surface area contributed by atoms with Gasteiger partial charge in [-0.25, -0.2) is 4.98 Å². The van der Waals surface area contributed by atoms with Crippen LogP contribution in [0.1, 0.15) is 23.0 Å². The van der Waals surface area contributed by atoms with Crippen molar-refractivity contribution in [1.29, 1.82) is 0 Å². The van der Waals surface area contributed by atoms with Crippen LogP contribution >= 0.6 is 11.6 Å². The Kier molecular flexibility index (Phi) is 6.59. The fraction of sp³-hybridized carbons (Fsp3) is 0.211. The molecule has 0 spiro atoms. The molecule has 2 rings (SSSR count). The van der Waals surface area contributed by atoms with Crippen molar-refractivity contribution in [3.05, 3.63) is 52.7 Å². The number of hydrogen-bond acceptors (Lipinski definition) is 4. The van der Waals surface area contributed by atoms with Gasteiger partial charge in [-0.1, -0.05) is 23.6 Å². The van der Waals surface area contributed by atoms with E-state index in [1.807, 2.05) is 0 Å². The van der Waals surface area contributed by atoms with Crippen LogP contribution in [-0.4, -0.2) is 37.0 Å². The number of aromatic nitrogens is 1. The fourth-order valence-corrected chi connectivity index (χ4v) is 2.38. The van der Waals surface area contributed by atoms with Gasteiger partial charge in [-0.2, -0.15) is 0 Å². The zero-order valence-corrected chi connectivity index (χ0v) is 15.2. The lowest BCUT2D eigenvalue weighted by Crippen LogP contribution is -2.40. The third-order valence-corrected chi connectivity index (χ3v) is 3.77. The number of likely N-dealkylation sites (N-methyl/N-ethyl adjacent to an activating group) is 1. The summed E-state index contributed by atoms with van der Waals surface area (Å²) in [5, 5.41) is 2.66. The standard InChI is InChI=1S/C19H18ClN3O3/c1-4-13-7-6-8-14(11-13)23(12-16(24)21-3)19(25)18-15(20)9-10-17(22-18)26-5-2/h1,6-11H,5,12H2,2-3H3,(H,21,24). The number of pyridine rings is 1. The van der Waals surface area contributed by atoms with E-state index in [9.17, 15) is 9.59 Å². The van der Waals surface area contributed by atoms with Crippen LogP contribution in [0, 0.1) is 12.3 Å². The third kappa shape index (κ3) is 4.52. The van der Waals surface area contributed by atoms with Crippen molar-refractivity contribution in [2.45, 2.75) is 6.92 Å². The summed E-state index contributed by atoms with van der Waals surface area (Å²) in [6.07, 6.45) is 5.43. The van der Waals surface area contributed by atoms with Crippen LogP contribution in [0.15, 0.2) is 36.4 Å². The van der Waals surface area contributed by atoms with Crippen LogP contribution in [0.2, 0.25) is 5.02 Å². The Morgan fingerprint density at radius 1 is 1.35 bits per heavy atom. The van der Waals surface area contributed by atoms with Crippen molar-refractivity contribution in [2.24, 2.45) is 0 Å². The average Bonchev–Trinajstić information content (AvgIpc) is 2.67. The minimum Gasteiger partial charge on any atom is -0.478 e. The number of nitrogens with zero attached hydrogens (tertiary/aromatic N) is 2. The molecule has 0 saturated carbocycles. The van der Waals surface area contributed by atoms with E-state index in [1.165, 1.54) is 18.0 Å². The topological polar surface area (TPSA) is 71.5 Å². The maximum atomic E-state index is 13.1. The molecule has 0 bridgehead atoms. The first-order chi connectivity index (χ1) is 12.5. The summed E-state index contributed by atoms with van der Waals surface area (Å²) in [4.78, 5) is 30.4. The number of hydrogen-bond donors (Lipinski definition) is 1. The normalized spacial score (nSPS) is 9.92. The summed E-state index contributed by atoms with van der Waals surface area (Å²) in [6, 6.07) is 9.86. The van der Waals surface area contributed by atoms with Crippen molar-refractivity contribution in [3.63, 3.8) is 0 Å². The van der Waals surface area contributed by atoms with Gasteiger partial charge in [-0.3, -0.25) is 14.5 Å². The Morgan fingerprint density at radius 3 is 2.77 bits per heavy atom. The number of nitrogens with one attached hydrogen (secondary N) is 1. The molecule has 1 heterocycles. The molecule has 0 aliphatic rings. The number of terminal acetylenes is 1. The smallest absolute Gasteiger partial charge is 0.279 e. The van der Waals surface area contributed by atoms with Gasteiger partial charge >= 0.3 is 0 Å². The number of carbonyl (C=O) groups excluding carboxylic acids is 2. The van der Waals surface area contributed by atoms with E-state index in [0.29, 0.717) is 17.9 Å². The summed E-state index contributed by atoms with van der Waals surface area (Å²) in [7, 11) is 1.49. The Hall–Kier alpha value is -3.04. The molecule has 0 atom stereocenters. The van der Waals surface area contributed by atoms with Gasteiger partial charge in [-0.15, -0.1) is 6.42 Å². The number of rotatable bonds is 6. The van der Waals surface area contributed by atoms with Crippen molar-refractivity contribution in [2.75, 3.05) is 25.1 Å². The molecule has 0 aliphatic heterocycles. The minimum absolute atomic E-state index is 0.00682. The SMILES string of the molecule is C#Cc1cccc(N(CC(=O)NC)C(=O)c2nc(OCC)ccc2Cl)c1. The Labute approximate surface area is 157 Å². The van der Waals surface area contributed by atoms with Crippen molar-refractivity contribution < 1.29 is 14.3 Å². The average molecular weight is 372 g/mol. The van der Waals surface area contributed by atoms with Gasteiger partial charge in [0.15, 0.2) is 5.69 Å². The molecule has 26 heavy (non-hydrogen) atoms. The summed E-state index contributed by atoms with van der Waals surface area (Å²) in [5.74, 6) is 1.90. The third-order valence-electron chi connectivity index (χ3n) is 3.47. The van der Waals surface area contributed by atoms with Gasteiger partial charge in [0.05, 0.1) is 11.6 Å². The maximum absolute atomic E-state index is 13.1. The van der Waals surface area contributed by atoms with Crippen molar-refractivity contribution in [3.8, 4) is 18.2 Å². The summed E-state index contributed by atoms with van der Waals surface area (Å²) < 4.78 is 5.33. The first kappa shape index (κ1) is 19.3. The number of halogens is 1. The highest BCUT2D eigenvalue weighted by atomic mass is 35.5. The van der Waals surface area contributed by atoms with Crippen LogP contribution < -0.4 is 15.0 Å². The van der Waals surface area contributed by atoms with Gasteiger partial charge in [-0.05, 0) is 31.2 Å². The van der Waals surface area contributed by atoms with Crippen LogP contribution in [0.25, 0.3) is 0 Å². The van der Waals surface area contributed by atoms with E-state index in [-0.39, 0.29) is 29.0 Å². The highest BCUT2D eigenvalue weighted by Gasteiger charge is 2.24. The molecule has 1 aromatic heterocycles. The fourth-order valence-electron chi connectivity index (χ4n) is 2.20. The van der Waals surface area contributed by atoms with Gasteiger partial charge in [0, 0.05) is 24.4 Å². The second kappa shape index (κ2) is 8.88. The van der Waals surface area contributed by atoms with E-state index in [1.54, 1.807) is 37.3 Å². The van der Waals surface area contributed by atoms with E-state index in [0.717, 1.165) is 0 Å². The highest BCUT2D eigenvalue weighted by Crippen LogP contribution is 2.23. The molecule has 0 fully saturated rings. The number of carbonyl (C=O) groups is 2. The largest absolute Gasteiger partial charge is 0.478 e. The summed E-state index contributed by atoms with van der Waals surface area (Å²) in [5.41, 5.74) is 1.04. The van der Waals surface area contributed by atoms with Crippen molar-refractivity contribution in [1.82, 2.24) is 10.3 Å². The van der Waals surface area contributed by atoms with Gasteiger partial charge < -0.3 is 10.1 Å². The molecular formula is C19H18ClN3O3. The quantitative estimate of drug-likeness (QED) is 0.792. The second-order valence-electron chi connectivity index (χ2n) is 5.17. The predicted octanol–water partition coefficient (Wildman–Crippen LogP) is 2.51. The molecule has 7 heteroatoms. The molecule has 2 amide bonds. The van der Waals surface area contributed by atoms with E-state index in [2.05, 4.69) is 16.2 Å². The van der Waals surface area contributed by atoms with Crippen molar-refractivity contribution >= 4 is 29.1 Å². The lowest BCUT2D eigenvalue weighted by molar-refractivity contribution is -0.119. The Bertz CT molecular complexity index is 861.